The topological polar surface area (TPSA) is 114 Å². The first-order valence-electron chi connectivity index (χ1n) is 10.0. The summed E-state index contributed by atoms with van der Waals surface area (Å²) in [4.78, 5) is 26.0. The molecule has 0 spiro atoms. The average molecular weight is 443 g/mol. The number of benzene rings is 1. The predicted octanol–water partition coefficient (Wildman–Crippen LogP) is 2.45. The van der Waals surface area contributed by atoms with Crippen molar-refractivity contribution < 1.29 is 27.8 Å². The first-order valence-corrected chi connectivity index (χ1v) is 10.0. The summed E-state index contributed by atoms with van der Waals surface area (Å²) in [6.07, 6.45) is -0.0639. The molecule has 2 aromatic heterocycles. The number of nitrogens with zero attached hydrogens (tertiary/aromatic N) is 4. The van der Waals surface area contributed by atoms with Crippen LogP contribution in [0.2, 0.25) is 0 Å². The van der Waals surface area contributed by atoms with Crippen LogP contribution >= 0.6 is 0 Å². The van der Waals surface area contributed by atoms with Gasteiger partial charge in [0.15, 0.2) is 24.5 Å². The number of carbonyl (C=O) groups excluding carboxylic acids is 2. The van der Waals surface area contributed by atoms with Gasteiger partial charge in [-0.05, 0) is 6.07 Å². The molecule has 4 rings (SSSR count). The fraction of sp³-hybridized carbons (Fsp3) is 0.333. The summed E-state index contributed by atoms with van der Waals surface area (Å²) in [5.41, 5.74) is 2.18. The van der Waals surface area contributed by atoms with Crippen molar-refractivity contribution in [2.24, 2.45) is 0 Å². The molecule has 10 nitrogen and oxygen atoms in total. The van der Waals surface area contributed by atoms with Crippen molar-refractivity contribution in [1.29, 1.82) is 0 Å². The summed E-state index contributed by atoms with van der Waals surface area (Å²) in [5, 5.41) is 11.0. The van der Waals surface area contributed by atoms with Crippen LogP contribution in [0.5, 0.6) is 0 Å². The molecular weight excluding hydrogens is 421 g/mol. The highest BCUT2D eigenvalue weighted by molar-refractivity contribution is 5.81. The van der Waals surface area contributed by atoms with Gasteiger partial charge in [-0.15, -0.1) is 0 Å². The molecule has 1 atom stereocenters. The second-order valence-corrected chi connectivity index (χ2v) is 7.18. The molecule has 1 fully saturated rings. The fourth-order valence-electron chi connectivity index (χ4n) is 3.46. The summed E-state index contributed by atoms with van der Waals surface area (Å²) in [5.74, 6) is 0.0476. The second-order valence-electron chi connectivity index (χ2n) is 7.18. The number of anilines is 2. The molecule has 32 heavy (non-hydrogen) atoms. The molecule has 0 bridgehead atoms. The van der Waals surface area contributed by atoms with Gasteiger partial charge in [0.1, 0.15) is 12.0 Å². The molecule has 1 amide bonds. The van der Waals surface area contributed by atoms with Crippen LogP contribution in [0.3, 0.4) is 0 Å². The van der Waals surface area contributed by atoms with Crippen LogP contribution in [-0.4, -0.2) is 59.6 Å². The molecule has 1 aliphatic rings. The van der Waals surface area contributed by atoms with E-state index in [1.54, 1.807) is 12.1 Å². The number of amides is 1. The molecule has 168 valence electrons. The third-order valence-electron chi connectivity index (χ3n) is 5.00. The SMILES string of the molecule is CC(=O)OCC(=O)N1CCN(c2ccccc2-c2cc(CNc3ccon3)on2)CC1F. The van der Waals surface area contributed by atoms with Gasteiger partial charge >= 0.3 is 5.97 Å². The fourth-order valence-corrected chi connectivity index (χ4v) is 3.46. The number of rotatable bonds is 7. The van der Waals surface area contributed by atoms with E-state index in [0.717, 1.165) is 16.2 Å². The number of hydrogen-bond acceptors (Lipinski definition) is 9. The molecule has 1 saturated heterocycles. The van der Waals surface area contributed by atoms with Gasteiger partial charge in [-0.3, -0.25) is 9.59 Å². The lowest BCUT2D eigenvalue weighted by Crippen LogP contribution is -2.54. The highest BCUT2D eigenvalue weighted by Gasteiger charge is 2.31. The van der Waals surface area contributed by atoms with Crippen molar-refractivity contribution in [2.75, 3.05) is 36.5 Å². The van der Waals surface area contributed by atoms with Crippen molar-refractivity contribution in [3.63, 3.8) is 0 Å². The van der Waals surface area contributed by atoms with Gasteiger partial charge in [-0.1, -0.05) is 28.5 Å². The van der Waals surface area contributed by atoms with E-state index in [9.17, 15) is 14.0 Å². The summed E-state index contributed by atoms with van der Waals surface area (Å²) in [6.45, 7) is 1.69. The third kappa shape index (κ3) is 4.88. The van der Waals surface area contributed by atoms with Crippen LogP contribution < -0.4 is 10.2 Å². The summed E-state index contributed by atoms with van der Waals surface area (Å²) in [7, 11) is 0. The van der Waals surface area contributed by atoms with E-state index >= 15 is 0 Å². The van der Waals surface area contributed by atoms with Crippen LogP contribution in [0.4, 0.5) is 15.9 Å². The molecule has 0 radical (unpaired) electrons. The molecule has 1 aromatic carbocycles. The number of halogens is 1. The normalized spacial score (nSPS) is 16.1. The van der Waals surface area contributed by atoms with Crippen LogP contribution in [0.15, 0.2) is 51.7 Å². The predicted molar refractivity (Wildman–Crippen MR) is 111 cm³/mol. The minimum atomic E-state index is -1.53. The number of nitrogens with one attached hydrogen (secondary N) is 1. The Labute approximate surface area is 182 Å². The smallest absolute Gasteiger partial charge is 0.303 e. The van der Waals surface area contributed by atoms with Crippen molar-refractivity contribution in [2.45, 2.75) is 19.8 Å². The molecule has 0 saturated carbocycles. The van der Waals surface area contributed by atoms with E-state index in [4.69, 9.17) is 13.8 Å². The van der Waals surface area contributed by atoms with Crippen LogP contribution in [0.25, 0.3) is 11.3 Å². The van der Waals surface area contributed by atoms with Crippen LogP contribution in [0, 0.1) is 0 Å². The van der Waals surface area contributed by atoms with Gasteiger partial charge in [-0.25, -0.2) is 4.39 Å². The molecule has 0 aliphatic carbocycles. The zero-order valence-electron chi connectivity index (χ0n) is 17.4. The monoisotopic (exact) mass is 443 g/mol. The Bertz CT molecular complexity index is 1070. The van der Waals surface area contributed by atoms with E-state index in [-0.39, 0.29) is 13.1 Å². The molecule has 1 aliphatic heterocycles. The first kappa shape index (κ1) is 21.3. The molecule has 11 heteroatoms. The molecule has 1 unspecified atom stereocenters. The van der Waals surface area contributed by atoms with E-state index in [2.05, 4.69) is 15.6 Å². The number of para-hydroxylation sites is 1. The first-order chi connectivity index (χ1) is 15.5. The Hall–Kier alpha value is -3.89. The third-order valence-corrected chi connectivity index (χ3v) is 5.00. The quantitative estimate of drug-likeness (QED) is 0.434. The largest absolute Gasteiger partial charge is 0.456 e. The van der Waals surface area contributed by atoms with Crippen molar-refractivity contribution >= 4 is 23.4 Å². The van der Waals surface area contributed by atoms with Crippen molar-refractivity contribution in [1.82, 2.24) is 15.2 Å². The Morgan fingerprint density at radius 1 is 1.25 bits per heavy atom. The minimum absolute atomic E-state index is 0.0127. The van der Waals surface area contributed by atoms with Gasteiger partial charge in [-0.2, -0.15) is 0 Å². The van der Waals surface area contributed by atoms with Gasteiger partial charge < -0.3 is 28.9 Å². The number of aromatic nitrogens is 2. The molecule has 3 heterocycles. The van der Waals surface area contributed by atoms with E-state index in [1.807, 2.05) is 29.2 Å². The van der Waals surface area contributed by atoms with Crippen molar-refractivity contribution in [3.05, 3.63) is 48.4 Å². The maximum absolute atomic E-state index is 14.8. The Morgan fingerprint density at radius 2 is 2.09 bits per heavy atom. The molecule has 3 aromatic rings. The maximum atomic E-state index is 14.8. The number of hydrogen-bond donors (Lipinski definition) is 1. The number of ether oxygens (including phenoxy) is 1. The van der Waals surface area contributed by atoms with Gasteiger partial charge in [0.05, 0.1) is 13.1 Å². The lowest BCUT2D eigenvalue weighted by Gasteiger charge is -2.39. The van der Waals surface area contributed by atoms with Crippen molar-refractivity contribution in [3.8, 4) is 11.3 Å². The van der Waals surface area contributed by atoms with Gasteiger partial charge in [0.25, 0.3) is 5.91 Å². The maximum Gasteiger partial charge on any atom is 0.303 e. The number of carbonyl (C=O) groups is 2. The zero-order valence-corrected chi connectivity index (χ0v) is 17.4. The lowest BCUT2D eigenvalue weighted by molar-refractivity contribution is -0.153. The lowest BCUT2D eigenvalue weighted by atomic mass is 10.1. The Kier molecular flexibility index (Phi) is 6.34. The zero-order chi connectivity index (χ0) is 22.5. The van der Waals surface area contributed by atoms with Crippen LogP contribution in [0.1, 0.15) is 12.7 Å². The second kappa shape index (κ2) is 9.50. The van der Waals surface area contributed by atoms with Gasteiger partial charge in [0, 0.05) is 43.4 Å². The number of esters is 1. The summed E-state index contributed by atoms with van der Waals surface area (Å²) in [6, 6.07) is 11.0. The average Bonchev–Trinajstić information content (AvgIpc) is 3.48. The highest BCUT2D eigenvalue weighted by Crippen LogP contribution is 2.32. The molecule has 1 N–H and O–H groups in total. The number of piperazine rings is 1. The van der Waals surface area contributed by atoms with E-state index in [1.165, 1.54) is 13.2 Å². The summed E-state index contributed by atoms with van der Waals surface area (Å²) < 4.78 is 29.7. The highest BCUT2D eigenvalue weighted by atomic mass is 19.1. The minimum Gasteiger partial charge on any atom is -0.456 e. The van der Waals surface area contributed by atoms with Gasteiger partial charge in [0.2, 0.25) is 0 Å². The number of alkyl halides is 1. The van der Waals surface area contributed by atoms with Crippen LogP contribution in [-0.2, 0) is 20.9 Å². The Balaban J connectivity index is 1.44. The van der Waals surface area contributed by atoms with E-state index in [0.29, 0.717) is 30.4 Å². The molecular formula is C21H22FN5O5. The Morgan fingerprint density at radius 3 is 2.84 bits per heavy atom. The summed E-state index contributed by atoms with van der Waals surface area (Å²) >= 11 is 0. The standard InChI is InChI=1S/C21H22FN5O5/c1-14(28)30-13-21(29)27-8-7-26(12-19(27)22)18-5-3-2-4-16(18)17-10-15(32-24-17)11-23-20-6-9-31-25-20/h2-6,9-10,19H,7-8,11-13H2,1H3,(H,23,25). The van der Waals surface area contributed by atoms with E-state index < -0.39 is 24.8 Å².